The summed E-state index contributed by atoms with van der Waals surface area (Å²) in [6.45, 7) is 8.14. The Balaban J connectivity index is 1.68. The van der Waals surface area contributed by atoms with Crippen LogP contribution < -0.4 is 5.32 Å². The highest BCUT2D eigenvalue weighted by Crippen LogP contribution is 2.52. The lowest BCUT2D eigenvalue weighted by Crippen LogP contribution is -2.37. The molecule has 0 radical (unpaired) electrons. The molecule has 1 heterocycles. The molecule has 0 aromatic heterocycles. The maximum atomic E-state index is 13.1. The average molecular weight is 357 g/mol. The first-order chi connectivity index (χ1) is 12.1. The highest BCUT2D eigenvalue weighted by atomic mass is 16.2. The molecule has 26 heavy (non-hydrogen) atoms. The summed E-state index contributed by atoms with van der Waals surface area (Å²) >= 11 is 0. The van der Waals surface area contributed by atoms with Crippen molar-refractivity contribution in [3.05, 3.63) is 29.8 Å². The molecule has 1 aliphatic carbocycles. The van der Waals surface area contributed by atoms with Crippen molar-refractivity contribution >= 4 is 17.5 Å². The molecule has 1 N–H and O–H groups in total. The quantitative estimate of drug-likeness (QED) is 0.900. The fourth-order valence-electron chi connectivity index (χ4n) is 5.05. The van der Waals surface area contributed by atoms with Crippen molar-refractivity contribution in [1.82, 2.24) is 9.80 Å². The molecule has 5 nitrogen and oxygen atoms in total. The first kappa shape index (κ1) is 18.9. The minimum atomic E-state index is -0.0578. The molecule has 5 heteroatoms. The molecule has 0 spiro atoms. The van der Waals surface area contributed by atoms with E-state index in [9.17, 15) is 9.59 Å². The number of carbonyl (C=O) groups is 2. The number of hydrogen-bond acceptors (Lipinski definition) is 3. The van der Waals surface area contributed by atoms with Gasteiger partial charge in [0.25, 0.3) is 5.91 Å². The molecule has 1 aliphatic heterocycles. The topological polar surface area (TPSA) is 52.7 Å². The van der Waals surface area contributed by atoms with Crippen molar-refractivity contribution in [2.45, 2.75) is 46.1 Å². The summed E-state index contributed by atoms with van der Waals surface area (Å²) in [7, 11) is 3.71. The summed E-state index contributed by atoms with van der Waals surface area (Å²) in [4.78, 5) is 28.8. The zero-order chi connectivity index (χ0) is 19.1. The number of likely N-dealkylation sites (N-methyl/N-ethyl adjacent to an activating group) is 1. The van der Waals surface area contributed by atoms with Gasteiger partial charge in [0.15, 0.2) is 0 Å². The minimum Gasteiger partial charge on any atom is -0.335 e. The van der Waals surface area contributed by atoms with Crippen molar-refractivity contribution in [2.24, 2.45) is 10.8 Å². The van der Waals surface area contributed by atoms with Gasteiger partial charge in [0.2, 0.25) is 5.91 Å². The number of hydrogen-bond donors (Lipinski definition) is 1. The van der Waals surface area contributed by atoms with Crippen LogP contribution in [0.2, 0.25) is 0 Å². The van der Waals surface area contributed by atoms with Crippen molar-refractivity contribution in [2.75, 3.05) is 32.5 Å². The molecule has 3 rings (SSSR count). The molecule has 2 amide bonds. The van der Waals surface area contributed by atoms with Gasteiger partial charge in [-0.3, -0.25) is 9.59 Å². The Bertz CT molecular complexity index is 696. The van der Waals surface area contributed by atoms with Crippen LogP contribution >= 0.6 is 0 Å². The van der Waals surface area contributed by atoms with E-state index in [0.29, 0.717) is 23.6 Å². The van der Waals surface area contributed by atoms with Gasteiger partial charge in [-0.2, -0.15) is 0 Å². The second kappa shape index (κ2) is 6.69. The number of nitrogens with one attached hydrogen (secondary N) is 1. The smallest absolute Gasteiger partial charge is 0.254 e. The molecule has 142 valence electrons. The van der Waals surface area contributed by atoms with Gasteiger partial charge in [0.1, 0.15) is 0 Å². The predicted octanol–water partition coefficient (Wildman–Crippen LogP) is 3.23. The highest BCUT2D eigenvalue weighted by molar-refractivity contribution is 5.96. The Labute approximate surface area is 156 Å². The fourth-order valence-corrected chi connectivity index (χ4v) is 5.05. The minimum absolute atomic E-state index is 0.0578. The average Bonchev–Trinajstić information content (AvgIpc) is 2.75. The van der Waals surface area contributed by atoms with Crippen LogP contribution in [0.25, 0.3) is 0 Å². The van der Waals surface area contributed by atoms with Crippen LogP contribution in [0.4, 0.5) is 5.69 Å². The Morgan fingerprint density at radius 2 is 1.81 bits per heavy atom. The number of nitrogens with zero attached hydrogens (tertiary/aromatic N) is 2. The number of anilines is 1. The summed E-state index contributed by atoms with van der Waals surface area (Å²) in [6, 6.07) is 7.62. The van der Waals surface area contributed by atoms with E-state index in [1.54, 1.807) is 0 Å². The van der Waals surface area contributed by atoms with E-state index in [1.807, 2.05) is 43.3 Å². The lowest BCUT2D eigenvalue weighted by Gasteiger charge is -2.39. The Morgan fingerprint density at radius 1 is 1.15 bits per heavy atom. The van der Waals surface area contributed by atoms with Gasteiger partial charge in [0.05, 0.1) is 6.54 Å². The number of benzene rings is 1. The Hall–Kier alpha value is -1.88. The van der Waals surface area contributed by atoms with Gasteiger partial charge in [-0.1, -0.05) is 20.8 Å². The third-order valence-corrected chi connectivity index (χ3v) is 5.55. The van der Waals surface area contributed by atoms with Gasteiger partial charge in [-0.25, -0.2) is 0 Å². The van der Waals surface area contributed by atoms with Crippen LogP contribution in [0.3, 0.4) is 0 Å². The van der Waals surface area contributed by atoms with Crippen LogP contribution in [0.5, 0.6) is 0 Å². The number of amides is 2. The van der Waals surface area contributed by atoms with Crippen molar-refractivity contribution < 1.29 is 9.59 Å². The summed E-state index contributed by atoms with van der Waals surface area (Å²) in [5, 5.41) is 2.86. The van der Waals surface area contributed by atoms with E-state index in [-0.39, 0.29) is 17.2 Å². The molecule has 1 aromatic carbocycles. The van der Waals surface area contributed by atoms with Crippen molar-refractivity contribution in [1.29, 1.82) is 0 Å². The summed E-state index contributed by atoms with van der Waals surface area (Å²) < 4.78 is 0. The van der Waals surface area contributed by atoms with Gasteiger partial charge >= 0.3 is 0 Å². The standard InChI is InChI=1S/C21H31N3O2/c1-20(2)10-17-11-21(3,13-20)14-24(17)19(26)15-6-8-16(9-7-15)22-18(25)12-23(4)5/h6-9,17H,10-14H2,1-5H3,(H,22,25). The van der Waals surface area contributed by atoms with Crippen molar-refractivity contribution in [3.63, 3.8) is 0 Å². The zero-order valence-electron chi connectivity index (χ0n) is 16.6. The Morgan fingerprint density at radius 3 is 2.42 bits per heavy atom. The van der Waals surface area contributed by atoms with E-state index in [0.717, 1.165) is 25.1 Å². The van der Waals surface area contributed by atoms with Crippen LogP contribution in [-0.2, 0) is 4.79 Å². The van der Waals surface area contributed by atoms with Crippen molar-refractivity contribution in [3.8, 4) is 0 Å². The molecule has 1 aromatic rings. The maximum Gasteiger partial charge on any atom is 0.254 e. The number of rotatable bonds is 4. The number of carbonyl (C=O) groups excluding carboxylic acids is 2. The van der Waals surface area contributed by atoms with Gasteiger partial charge in [-0.15, -0.1) is 0 Å². The van der Waals surface area contributed by atoms with E-state index in [1.165, 1.54) is 6.42 Å². The SMILES string of the molecule is CN(C)CC(=O)Nc1ccc(C(=O)N2CC3(C)CC2CC(C)(C)C3)cc1. The predicted molar refractivity (Wildman–Crippen MR) is 104 cm³/mol. The third-order valence-electron chi connectivity index (χ3n) is 5.55. The van der Waals surface area contributed by atoms with E-state index >= 15 is 0 Å². The van der Waals surface area contributed by atoms with Gasteiger partial charge in [-0.05, 0) is 68.5 Å². The second-order valence-electron chi connectivity index (χ2n) is 9.51. The monoisotopic (exact) mass is 357 g/mol. The lowest BCUT2D eigenvalue weighted by molar-refractivity contribution is -0.116. The molecule has 2 atom stereocenters. The van der Waals surface area contributed by atoms with Gasteiger partial charge < -0.3 is 15.1 Å². The lowest BCUT2D eigenvalue weighted by atomic mass is 9.65. The van der Waals surface area contributed by atoms with Gasteiger partial charge in [0, 0.05) is 23.8 Å². The summed E-state index contributed by atoms with van der Waals surface area (Å²) in [5.74, 6) is 0.0557. The van der Waals surface area contributed by atoms with Crippen LogP contribution in [0, 0.1) is 10.8 Å². The van der Waals surface area contributed by atoms with Crippen LogP contribution in [0.15, 0.2) is 24.3 Å². The van der Waals surface area contributed by atoms with E-state index in [4.69, 9.17) is 0 Å². The first-order valence-electron chi connectivity index (χ1n) is 9.43. The maximum absolute atomic E-state index is 13.1. The Kier molecular flexibility index (Phi) is 4.86. The third kappa shape index (κ3) is 4.09. The summed E-state index contributed by atoms with van der Waals surface area (Å²) in [5.41, 5.74) is 1.96. The molecular formula is C21H31N3O2. The molecule has 2 unspecified atom stereocenters. The molecule has 2 fully saturated rings. The number of fused-ring (bicyclic) bond motifs is 2. The molecule has 2 aliphatic rings. The fraction of sp³-hybridized carbons (Fsp3) is 0.619. The van der Waals surface area contributed by atoms with E-state index < -0.39 is 0 Å². The normalized spacial score (nSPS) is 26.8. The molecule has 1 saturated heterocycles. The number of likely N-dealkylation sites (tertiary alicyclic amines) is 1. The van der Waals surface area contributed by atoms with E-state index in [2.05, 4.69) is 31.0 Å². The molecule has 2 bridgehead atoms. The largest absolute Gasteiger partial charge is 0.335 e. The second-order valence-corrected chi connectivity index (χ2v) is 9.51. The first-order valence-corrected chi connectivity index (χ1v) is 9.43. The molecular weight excluding hydrogens is 326 g/mol. The molecule has 1 saturated carbocycles. The van der Waals surface area contributed by atoms with Crippen LogP contribution in [0.1, 0.15) is 50.4 Å². The summed E-state index contributed by atoms with van der Waals surface area (Å²) in [6.07, 6.45) is 3.37. The zero-order valence-corrected chi connectivity index (χ0v) is 16.6. The van der Waals surface area contributed by atoms with Crippen LogP contribution in [-0.4, -0.2) is 54.8 Å². The highest BCUT2D eigenvalue weighted by Gasteiger charge is 2.50.